The molecule has 0 unspecified atom stereocenters. The van der Waals surface area contributed by atoms with E-state index in [2.05, 4.69) is 5.32 Å². The van der Waals surface area contributed by atoms with Gasteiger partial charge >= 0.3 is 0 Å². The van der Waals surface area contributed by atoms with Crippen molar-refractivity contribution in [1.29, 1.82) is 0 Å². The van der Waals surface area contributed by atoms with Gasteiger partial charge < -0.3 is 15.2 Å². The van der Waals surface area contributed by atoms with Crippen molar-refractivity contribution in [2.75, 3.05) is 13.1 Å². The predicted molar refractivity (Wildman–Crippen MR) is 50.0 cm³/mol. The second-order valence-corrected chi connectivity index (χ2v) is 3.77. The molecule has 1 aromatic carbocycles. The van der Waals surface area contributed by atoms with Gasteiger partial charge in [-0.25, -0.2) is 4.39 Å². The van der Waals surface area contributed by atoms with E-state index in [-0.39, 0.29) is 11.4 Å². The second-order valence-electron chi connectivity index (χ2n) is 3.77. The molecule has 1 saturated heterocycles. The average molecular weight is 197 g/mol. The SMILES string of the molecule is CC1(Oc2ccc(O)c(F)c2)CNC1. The summed E-state index contributed by atoms with van der Waals surface area (Å²) < 4.78 is 18.5. The first-order chi connectivity index (χ1) is 6.59. The fourth-order valence-electron chi connectivity index (χ4n) is 1.38. The summed E-state index contributed by atoms with van der Waals surface area (Å²) in [6, 6.07) is 4.04. The Kier molecular flexibility index (Phi) is 2.07. The third kappa shape index (κ3) is 1.65. The molecule has 2 N–H and O–H groups in total. The predicted octanol–water partition coefficient (Wildman–Crippen LogP) is 1.27. The molecule has 76 valence electrons. The van der Waals surface area contributed by atoms with Gasteiger partial charge in [-0.15, -0.1) is 0 Å². The summed E-state index contributed by atoms with van der Waals surface area (Å²) in [7, 11) is 0. The minimum absolute atomic E-state index is 0.247. The standard InChI is InChI=1S/C10H12FNO2/c1-10(5-12-6-10)14-7-2-3-9(13)8(11)4-7/h2-4,12-13H,5-6H2,1H3. The van der Waals surface area contributed by atoms with Crippen LogP contribution in [0.15, 0.2) is 18.2 Å². The largest absolute Gasteiger partial charge is 0.505 e. The van der Waals surface area contributed by atoms with E-state index in [9.17, 15) is 4.39 Å². The lowest BCUT2D eigenvalue weighted by Gasteiger charge is -2.39. The van der Waals surface area contributed by atoms with Crippen LogP contribution in [0, 0.1) is 5.82 Å². The first kappa shape index (κ1) is 9.27. The van der Waals surface area contributed by atoms with Crippen molar-refractivity contribution in [1.82, 2.24) is 5.32 Å². The van der Waals surface area contributed by atoms with Crippen LogP contribution in [0.1, 0.15) is 6.92 Å². The summed E-state index contributed by atoms with van der Waals surface area (Å²) >= 11 is 0. The number of aromatic hydroxyl groups is 1. The van der Waals surface area contributed by atoms with Crippen molar-refractivity contribution in [2.24, 2.45) is 0 Å². The monoisotopic (exact) mass is 197 g/mol. The van der Waals surface area contributed by atoms with E-state index in [1.54, 1.807) is 6.07 Å². The molecule has 0 aromatic heterocycles. The van der Waals surface area contributed by atoms with Crippen LogP contribution in [-0.4, -0.2) is 23.8 Å². The second kappa shape index (κ2) is 3.13. The Balaban J connectivity index is 2.13. The van der Waals surface area contributed by atoms with Gasteiger partial charge in [-0.2, -0.15) is 0 Å². The zero-order valence-corrected chi connectivity index (χ0v) is 7.88. The molecule has 14 heavy (non-hydrogen) atoms. The smallest absolute Gasteiger partial charge is 0.168 e. The minimum Gasteiger partial charge on any atom is -0.505 e. The molecule has 0 bridgehead atoms. The van der Waals surface area contributed by atoms with E-state index in [1.165, 1.54) is 12.1 Å². The van der Waals surface area contributed by atoms with Gasteiger partial charge in [-0.3, -0.25) is 0 Å². The normalized spacial score (nSPS) is 18.7. The van der Waals surface area contributed by atoms with Crippen LogP contribution in [0.25, 0.3) is 0 Å². The molecule has 1 fully saturated rings. The number of rotatable bonds is 2. The molecule has 0 aliphatic carbocycles. The lowest BCUT2D eigenvalue weighted by molar-refractivity contribution is 0.0345. The highest BCUT2D eigenvalue weighted by molar-refractivity contribution is 5.32. The summed E-state index contributed by atoms with van der Waals surface area (Å²) in [6.07, 6.45) is 0. The Labute approximate surface area is 81.5 Å². The molecule has 0 saturated carbocycles. The van der Waals surface area contributed by atoms with Crippen LogP contribution in [-0.2, 0) is 0 Å². The summed E-state index contributed by atoms with van der Waals surface area (Å²) in [5, 5.41) is 12.1. The van der Waals surface area contributed by atoms with Gasteiger partial charge in [-0.05, 0) is 19.1 Å². The maximum atomic E-state index is 12.9. The van der Waals surface area contributed by atoms with Gasteiger partial charge in [0.05, 0.1) is 0 Å². The van der Waals surface area contributed by atoms with E-state index in [0.29, 0.717) is 5.75 Å². The van der Waals surface area contributed by atoms with Gasteiger partial charge in [0.2, 0.25) is 0 Å². The molecule has 3 nitrogen and oxygen atoms in total. The summed E-state index contributed by atoms with van der Waals surface area (Å²) in [4.78, 5) is 0. The van der Waals surface area contributed by atoms with Crippen molar-refractivity contribution >= 4 is 0 Å². The number of ether oxygens (including phenoxy) is 1. The van der Waals surface area contributed by atoms with Gasteiger partial charge in [0, 0.05) is 19.2 Å². The van der Waals surface area contributed by atoms with Crippen LogP contribution in [0.2, 0.25) is 0 Å². The summed E-state index contributed by atoms with van der Waals surface area (Å²) in [5.41, 5.74) is -0.247. The lowest BCUT2D eigenvalue weighted by atomic mass is 10.00. The first-order valence-corrected chi connectivity index (χ1v) is 4.47. The zero-order valence-electron chi connectivity index (χ0n) is 7.88. The maximum absolute atomic E-state index is 12.9. The van der Waals surface area contributed by atoms with Crippen LogP contribution in [0.5, 0.6) is 11.5 Å². The highest BCUT2D eigenvalue weighted by Gasteiger charge is 2.33. The van der Waals surface area contributed by atoms with Crippen LogP contribution in [0.3, 0.4) is 0 Å². The van der Waals surface area contributed by atoms with Crippen molar-refractivity contribution in [2.45, 2.75) is 12.5 Å². The molecule has 0 radical (unpaired) electrons. The number of nitrogens with one attached hydrogen (secondary N) is 1. The number of halogens is 1. The summed E-state index contributed by atoms with van der Waals surface area (Å²) in [6.45, 7) is 3.47. The maximum Gasteiger partial charge on any atom is 0.168 e. The highest BCUT2D eigenvalue weighted by Crippen LogP contribution is 2.25. The average Bonchev–Trinajstić information content (AvgIpc) is 2.09. The van der Waals surface area contributed by atoms with Crippen molar-refractivity contribution in [3.8, 4) is 11.5 Å². The van der Waals surface area contributed by atoms with E-state index < -0.39 is 5.82 Å². The number of phenolic OH excluding ortho intramolecular Hbond substituents is 1. The minimum atomic E-state index is -0.654. The lowest BCUT2D eigenvalue weighted by Crippen LogP contribution is -2.61. The third-order valence-corrected chi connectivity index (χ3v) is 2.28. The molecule has 4 heteroatoms. The van der Waals surface area contributed by atoms with Crippen LogP contribution >= 0.6 is 0 Å². The topological polar surface area (TPSA) is 41.5 Å². The molecule has 0 amide bonds. The zero-order chi connectivity index (χ0) is 10.2. The van der Waals surface area contributed by atoms with Crippen LogP contribution < -0.4 is 10.1 Å². The van der Waals surface area contributed by atoms with Crippen molar-refractivity contribution in [3.05, 3.63) is 24.0 Å². The molecule has 1 heterocycles. The van der Waals surface area contributed by atoms with Gasteiger partial charge in [0.1, 0.15) is 11.4 Å². The van der Waals surface area contributed by atoms with Gasteiger partial charge in [-0.1, -0.05) is 0 Å². The molecule has 0 atom stereocenters. The Morgan fingerprint density at radius 3 is 2.71 bits per heavy atom. The molecule has 1 aliphatic rings. The Morgan fingerprint density at radius 1 is 1.50 bits per heavy atom. The molecule has 2 rings (SSSR count). The van der Waals surface area contributed by atoms with Gasteiger partial charge in [0.15, 0.2) is 11.6 Å². The fraction of sp³-hybridized carbons (Fsp3) is 0.400. The summed E-state index contributed by atoms with van der Waals surface area (Å²) in [5.74, 6) is -0.558. The molecular weight excluding hydrogens is 185 g/mol. The Bertz CT molecular complexity index is 350. The van der Waals surface area contributed by atoms with E-state index in [1.807, 2.05) is 6.92 Å². The molecular formula is C10H12FNO2. The number of phenols is 1. The van der Waals surface area contributed by atoms with Crippen LogP contribution in [0.4, 0.5) is 4.39 Å². The van der Waals surface area contributed by atoms with Crippen molar-refractivity contribution in [3.63, 3.8) is 0 Å². The van der Waals surface area contributed by atoms with E-state index >= 15 is 0 Å². The highest BCUT2D eigenvalue weighted by atomic mass is 19.1. The quantitative estimate of drug-likeness (QED) is 0.750. The number of hydrogen-bond acceptors (Lipinski definition) is 3. The third-order valence-electron chi connectivity index (χ3n) is 2.28. The molecule has 1 aromatic rings. The van der Waals surface area contributed by atoms with E-state index in [0.717, 1.165) is 13.1 Å². The number of benzene rings is 1. The van der Waals surface area contributed by atoms with Crippen molar-refractivity contribution < 1.29 is 14.2 Å². The molecule has 0 spiro atoms. The van der Waals surface area contributed by atoms with E-state index in [4.69, 9.17) is 9.84 Å². The number of hydrogen-bond donors (Lipinski definition) is 2. The first-order valence-electron chi connectivity index (χ1n) is 4.47. The Hall–Kier alpha value is -1.29. The van der Waals surface area contributed by atoms with Gasteiger partial charge in [0.25, 0.3) is 0 Å². The molecule has 1 aliphatic heterocycles. The fourth-order valence-corrected chi connectivity index (χ4v) is 1.38. The Morgan fingerprint density at radius 2 is 2.21 bits per heavy atom.